The first kappa shape index (κ1) is 20.2. The molecule has 0 amide bonds. The molecular formula is C20H21BrClN3O. The number of carbonyl (C=O) groups excluding carboxylic acids is 1. The summed E-state index contributed by atoms with van der Waals surface area (Å²) in [4.78, 5) is 12.5. The molecule has 0 fully saturated rings. The van der Waals surface area contributed by atoms with Crippen LogP contribution < -0.4 is 27.3 Å². The molecule has 0 saturated carbocycles. The smallest absolute Gasteiger partial charge is 0.355 e. The molecule has 0 spiro atoms. The third-order valence-electron chi connectivity index (χ3n) is 4.56. The standard InChI is InChI=1S/C20H20ClN3O.BrH/c1-13-4-5-16(10-14(13)2)18-11-24(20(22)23(18)3)12-19(25)15-6-8-17(21)9-7-15;/h4-11,22H,12H2,1-3H3;1H. The Kier molecular flexibility index (Phi) is 6.26. The minimum atomic E-state index is -0.00870. The second-order valence-electron chi connectivity index (χ2n) is 6.29. The first-order valence-corrected chi connectivity index (χ1v) is 8.45. The Morgan fingerprint density at radius 3 is 2.38 bits per heavy atom. The topological polar surface area (TPSA) is 51.9 Å². The fourth-order valence-corrected chi connectivity index (χ4v) is 2.92. The quantitative estimate of drug-likeness (QED) is 0.486. The normalized spacial score (nSPS) is 10.5. The number of imidazole rings is 1. The van der Waals surface area contributed by atoms with Crippen molar-refractivity contribution >= 4 is 23.3 Å². The van der Waals surface area contributed by atoms with E-state index in [1.165, 1.54) is 11.1 Å². The van der Waals surface area contributed by atoms with Gasteiger partial charge in [0.15, 0.2) is 5.78 Å². The zero-order valence-electron chi connectivity index (χ0n) is 15.0. The monoisotopic (exact) mass is 433 g/mol. The maximum atomic E-state index is 12.5. The molecule has 2 N–H and O–H groups in total. The zero-order valence-corrected chi connectivity index (χ0v) is 17.3. The molecular weight excluding hydrogens is 414 g/mol. The molecule has 0 aliphatic carbocycles. The highest BCUT2D eigenvalue weighted by Crippen LogP contribution is 2.22. The van der Waals surface area contributed by atoms with Crippen molar-refractivity contribution in [1.29, 1.82) is 0 Å². The molecule has 0 saturated heterocycles. The lowest BCUT2D eigenvalue weighted by Gasteiger charge is -2.03. The average Bonchev–Trinajstić information content (AvgIpc) is 2.86. The van der Waals surface area contributed by atoms with E-state index in [2.05, 4.69) is 32.0 Å². The van der Waals surface area contributed by atoms with Crippen molar-refractivity contribution in [3.63, 3.8) is 0 Å². The predicted octanol–water partition coefficient (Wildman–Crippen LogP) is 0.719. The third-order valence-corrected chi connectivity index (χ3v) is 4.81. The highest BCUT2D eigenvalue weighted by atomic mass is 79.9. The Labute approximate surface area is 169 Å². The van der Waals surface area contributed by atoms with E-state index in [-0.39, 0.29) is 29.3 Å². The lowest BCUT2D eigenvalue weighted by Crippen LogP contribution is -3.00. The van der Waals surface area contributed by atoms with Crippen LogP contribution in [0.4, 0.5) is 5.95 Å². The molecule has 0 unspecified atom stereocenters. The molecule has 0 aliphatic heterocycles. The van der Waals surface area contributed by atoms with E-state index in [1.807, 2.05) is 17.8 Å². The van der Waals surface area contributed by atoms with Crippen LogP contribution in [0.2, 0.25) is 5.02 Å². The van der Waals surface area contributed by atoms with Gasteiger partial charge in [-0.15, -0.1) is 0 Å². The van der Waals surface area contributed by atoms with Gasteiger partial charge >= 0.3 is 5.95 Å². The Morgan fingerprint density at radius 2 is 1.77 bits per heavy atom. The van der Waals surface area contributed by atoms with Gasteiger partial charge in [0.25, 0.3) is 0 Å². The lowest BCUT2D eigenvalue weighted by atomic mass is 10.0. The summed E-state index contributed by atoms with van der Waals surface area (Å²) >= 11 is 5.88. The van der Waals surface area contributed by atoms with E-state index in [4.69, 9.17) is 17.3 Å². The van der Waals surface area contributed by atoms with Crippen molar-refractivity contribution < 1.29 is 26.3 Å². The molecule has 1 aromatic heterocycles. The number of anilines is 1. The van der Waals surface area contributed by atoms with Crippen molar-refractivity contribution in [3.8, 4) is 11.3 Å². The summed E-state index contributed by atoms with van der Waals surface area (Å²) in [7, 11) is 1.91. The number of nitrogens with zero attached hydrogens (tertiary/aromatic N) is 2. The van der Waals surface area contributed by atoms with Gasteiger partial charge in [-0.25, -0.2) is 9.13 Å². The number of aryl methyl sites for hydroxylation is 2. The van der Waals surface area contributed by atoms with Gasteiger partial charge in [0, 0.05) is 16.1 Å². The van der Waals surface area contributed by atoms with Crippen LogP contribution in [0.3, 0.4) is 0 Å². The van der Waals surface area contributed by atoms with E-state index in [9.17, 15) is 4.79 Å². The fourth-order valence-electron chi connectivity index (χ4n) is 2.79. The van der Waals surface area contributed by atoms with Crippen LogP contribution in [0.25, 0.3) is 11.3 Å². The van der Waals surface area contributed by atoms with Gasteiger partial charge in [0.05, 0.1) is 7.05 Å². The number of nitrogen functional groups attached to an aromatic ring is 1. The summed E-state index contributed by atoms with van der Waals surface area (Å²) in [5.74, 6) is 0.529. The van der Waals surface area contributed by atoms with Crippen molar-refractivity contribution in [1.82, 2.24) is 4.57 Å². The van der Waals surface area contributed by atoms with Gasteiger partial charge in [-0.2, -0.15) is 0 Å². The zero-order chi connectivity index (χ0) is 18.1. The molecule has 0 atom stereocenters. The van der Waals surface area contributed by atoms with Gasteiger partial charge in [0.1, 0.15) is 18.4 Å². The van der Waals surface area contributed by atoms with Crippen molar-refractivity contribution in [3.05, 3.63) is 70.4 Å². The molecule has 4 nitrogen and oxygen atoms in total. The summed E-state index contributed by atoms with van der Waals surface area (Å²) in [5, 5.41) is 0.612. The Hall–Kier alpha value is -2.11. The molecule has 6 heteroatoms. The number of nitrogens with two attached hydrogens (primary N) is 1. The van der Waals surface area contributed by atoms with Gasteiger partial charge in [0.2, 0.25) is 0 Å². The molecule has 0 aliphatic rings. The summed E-state index contributed by atoms with van der Waals surface area (Å²) < 4.78 is 3.68. The summed E-state index contributed by atoms with van der Waals surface area (Å²) in [5.41, 5.74) is 11.4. The Bertz CT molecular complexity index is 948. The van der Waals surface area contributed by atoms with Gasteiger partial charge in [-0.1, -0.05) is 23.7 Å². The number of halogens is 2. The largest absolute Gasteiger partial charge is 1.00 e. The number of carbonyl (C=O) groups is 1. The third kappa shape index (κ3) is 4.00. The van der Waals surface area contributed by atoms with Crippen LogP contribution in [0.1, 0.15) is 21.5 Å². The summed E-state index contributed by atoms with van der Waals surface area (Å²) in [6.45, 7) is 4.36. The number of aromatic nitrogens is 2. The van der Waals surface area contributed by atoms with E-state index < -0.39 is 0 Å². The van der Waals surface area contributed by atoms with E-state index in [1.54, 1.807) is 28.8 Å². The SMILES string of the molecule is Cc1ccc(-c2c[n+](CC(=O)c3ccc(Cl)cc3)c(N)n2C)cc1C.[Br-]. The predicted molar refractivity (Wildman–Crippen MR) is 101 cm³/mol. The molecule has 1 heterocycles. The Morgan fingerprint density at radius 1 is 1.12 bits per heavy atom. The van der Waals surface area contributed by atoms with Crippen LogP contribution in [0, 0.1) is 13.8 Å². The second-order valence-corrected chi connectivity index (χ2v) is 6.73. The second kappa shape index (κ2) is 8.06. The van der Waals surface area contributed by atoms with Gasteiger partial charge < -0.3 is 17.0 Å². The number of hydrogen-bond donors (Lipinski definition) is 1. The van der Waals surface area contributed by atoms with Crippen molar-refractivity contribution in [2.24, 2.45) is 7.05 Å². The van der Waals surface area contributed by atoms with E-state index >= 15 is 0 Å². The fraction of sp³-hybridized carbons (Fsp3) is 0.200. The van der Waals surface area contributed by atoms with Crippen LogP contribution in [0.15, 0.2) is 48.7 Å². The lowest BCUT2D eigenvalue weighted by molar-refractivity contribution is -0.667. The average molecular weight is 435 g/mol. The molecule has 3 aromatic rings. The number of hydrogen-bond acceptors (Lipinski definition) is 2. The molecule has 2 aromatic carbocycles. The van der Waals surface area contributed by atoms with E-state index in [0.29, 0.717) is 16.5 Å². The van der Waals surface area contributed by atoms with Crippen LogP contribution in [-0.4, -0.2) is 10.4 Å². The van der Waals surface area contributed by atoms with E-state index in [0.717, 1.165) is 11.3 Å². The molecule has 136 valence electrons. The first-order valence-electron chi connectivity index (χ1n) is 8.08. The molecule has 0 bridgehead atoms. The highest BCUT2D eigenvalue weighted by molar-refractivity contribution is 6.30. The molecule has 0 radical (unpaired) electrons. The number of Topliss-reactive ketones (excluding diaryl/α,β-unsaturated/α-hetero) is 1. The van der Waals surface area contributed by atoms with Crippen LogP contribution >= 0.6 is 11.6 Å². The van der Waals surface area contributed by atoms with Gasteiger partial charge in [-0.3, -0.25) is 10.5 Å². The summed E-state index contributed by atoms with van der Waals surface area (Å²) in [6.07, 6.45) is 1.92. The van der Waals surface area contributed by atoms with Crippen molar-refractivity contribution in [2.45, 2.75) is 20.4 Å². The minimum Gasteiger partial charge on any atom is -1.00 e. The number of ketones is 1. The summed E-state index contributed by atoms with van der Waals surface area (Å²) in [6, 6.07) is 13.2. The number of rotatable bonds is 4. The minimum absolute atomic E-state index is 0. The van der Waals surface area contributed by atoms with Gasteiger partial charge in [-0.05, 0) is 55.3 Å². The number of benzene rings is 2. The van der Waals surface area contributed by atoms with Crippen molar-refractivity contribution in [2.75, 3.05) is 5.73 Å². The maximum Gasteiger partial charge on any atom is 0.355 e. The van der Waals surface area contributed by atoms with Crippen LogP contribution in [-0.2, 0) is 13.6 Å². The molecule has 3 rings (SSSR count). The maximum absolute atomic E-state index is 12.5. The Balaban J connectivity index is 0.00000243. The molecule has 26 heavy (non-hydrogen) atoms. The first-order chi connectivity index (χ1) is 11.9. The van der Waals surface area contributed by atoms with Crippen LogP contribution in [0.5, 0.6) is 0 Å². The highest BCUT2D eigenvalue weighted by Gasteiger charge is 2.20.